The van der Waals surface area contributed by atoms with Crippen LogP contribution in [-0.2, 0) is 9.59 Å². The lowest BCUT2D eigenvalue weighted by atomic mass is 9.48. The molecule has 1 unspecified atom stereocenters. The van der Waals surface area contributed by atoms with Crippen molar-refractivity contribution in [1.82, 2.24) is 15.1 Å². The van der Waals surface area contributed by atoms with Gasteiger partial charge in [-0.2, -0.15) is 0 Å². The van der Waals surface area contributed by atoms with Crippen molar-refractivity contribution in [3.05, 3.63) is 0 Å². The molecule has 1 N–H and O–H groups in total. The molecular weight excluding hydrogens is 314 g/mol. The predicted molar refractivity (Wildman–Crippen MR) is 96.9 cm³/mol. The number of nitrogens with one attached hydrogen (secondary N) is 1. The van der Waals surface area contributed by atoms with Crippen LogP contribution in [0.4, 0.5) is 0 Å². The van der Waals surface area contributed by atoms with E-state index in [1.807, 2.05) is 0 Å². The zero-order chi connectivity index (χ0) is 17.6. The second kappa shape index (κ2) is 6.57. The van der Waals surface area contributed by atoms with Gasteiger partial charge in [-0.1, -0.05) is 6.92 Å². The predicted octanol–water partition coefficient (Wildman–Crippen LogP) is 1.87. The summed E-state index contributed by atoms with van der Waals surface area (Å²) in [5.41, 5.74) is 0.256. The van der Waals surface area contributed by atoms with E-state index < -0.39 is 0 Å². The van der Waals surface area contributed by atoms with Crippen LogP contribution in [0.25, 0.3) is 0 Å². The van der Waals surface area contributed by atoms with E-state index in [1.54, 1.807) is 4.90 Å². The topological polar surface area (TPSA) is 52.7 Å². The Bertz CT molecular complexity index is 504. The van der Waals surface area contributed by atoms with Gasteiger partial charge < -0.3 is 15.1 Å². The highest BCUT2D eigenvalue weighted by molar-refractivity contribution is 6.35. The quantitative estimate of drug-likeness (QED) is 0.793. The molecule has 5 aliphatic rings. The molecule has 0 aromatic rings. The van der Waals surface area contributed by atoms with Gasteiger partial charge in [0.2, 0.25) is 0 Å². The normalized spacial score (nSPS) is 38.6. The molecule has 0 aromatic heterocycles. The van der Waals surface area contributed by atoms with Crippen LogP contribution < -0.4 is 5.32 Å². The van der Waals surface area contributed by atoms with Gasteiger partial charge >= 0.3 is 11.8 Å². The zero-order valence-electron chi connectivity index (χ0n) is 15.8. The summed E-state index contributed by atoms with van der Waals surface area (Å²) < 4.78 is 0. The van der Waals surface area contributed by atoms with Crippen LogP contribution in [0.2, 0.25) is 0 Å². The minimum absolute atomic E-state index is 0.120. The highest BCUT2D eigenvalue weighted by Crippen LogP contribution is 2.61. The van der Waals surface area contributed by atoms with E-state index in [-0.39, 0.29) is 23.3 Å². The molecule has 0 radical (unpaired) electrons. The molecule has 140 valence electrons. The maximum absolute atomic E-state index is 12.6. The third-order valence-electron chi connectivity index (χ3n) is 7.65. The Labute approximate surface area is 151 Å². The Morgan fingerprint density at radius 3 is 2.00 bits per heavy atom. The largest absolute Gasteiger partial charge is 0.345 e. The molecule has 5 fully saturated rings. The van der Waals surface area contributed by atoms with Crippen molar-refractivity contribution in [3.63, 3.8) is 0 Å². The van der Waals surface area contributed by atoms with E-state index in [0.717, 1.165) is 37.4 Å². The van der Waals surface area contributed by atoms with Crippen molar-refractivity contribution < 1.29 is 9.59 Å². The SMILES string of the molecule is CCN1CCN(C(=O)C(=O)NC(C)C23CC4CC(CC(C4)C2)C3)CC1. The number of hydrogen-bond donors (Lipinski definition) is 1. The van der Waals surface area contributed by atoms with Gasteiger partial charge in [0, 0.05) is 32.2 Å². The summed E-state index contributed by atoms with van der Waals surface area (Å²) in [4.78, 5) is 29.2. The van der Waals surface area contributed by atoms with Gasteiger partial charge in [0.05, 0.1) is 0 Å². The molecular formula is C20H33N3O2. The molecule has 1 atom stereocenters. The first-order chi connectivity index (χ1) is 12.0. The summed E-state index contributed by atoms with van der Waals surface area (Å²) in [6.07, 6.45) is 7.97. The molecule has 4 saturated carbocycles. The molecule has 25 heavy (non-hydrogen) atoms. The number of nitrogens with zero attached hydrogens (tertiary/aromatic N) is 2. The lowest BCUT2D eigenvalue weighted by Crippen LogP contribution is -2.58. The molecule has 1 heterocycles. The van der Waals surface area contributed by atoms with Crippen LogP contribution in [-0.4, -0.2) is 60.4 Å². The summed E-state index contributed by atoms with van der Waals surface area (Å²) in [5, 5.41) is 3.12. The average molecular weight is 348 g/mol. The Balaban J connectivity index is 1.35. The fourth-order valence-electron chi connectivity index (χ4n) is 6.53. The third kappa shape index (κ3) is 3.20. The van der Waals surface area contributed by atoms with Gasteiger partial charge in [0.15, 0.2) is 0 Å². The van der Waals surface area contributed by atoms with Gasteiger partial charge in [-0.3, -0.25) is 9.59 Å². The van der Waals surface area contributed by atoms with Gasteiger partial charge in [-0.05, 0) is 75.2 Å². The first kappa shape index (κ1) is 17.3. The second-order valence-electron chi connectivity index (χ2n) is 9.20. The van der Waals surface area contributed by atoms with Crippen LogP contribution in [0.1, 0.15) is 52.4 Å². The Hall–Kier alpha value is -1.10. The first-order valence-corrected chi connectivity index (χ1v) is 10.3. The maximum Gasteiger partial charge on any atom is 0.311 e. The third-order valence-corrected chi connectivity index (χ3v) is 7.65. The summed E-state index contributed by atoms with van der Waals surface area (Å²) in [7, 11) is 0. The number of carbonyl (C=O) groups excluding carboxylic acids is 2. The standard InChI is InChI=1S/C20H33N3O2/c1-3-22-4-6-23(7-5-22)19(25)18(24)21-14(2)20-11-15-8-16(12-20)10-17(9-15)13-20/h14-17H,3-13H2,1-2H3,(H,21,24). The molecule has 0 spiro atoms. The number of amides is 2. The van der Waals surface area contributed by atoms with Crippen LogP contribution >= 0.6 is 0 Å². The van der Waals surface area contributed by atoms with Crippen LogP contribution in [0, 0.1) is 23.2 Å². The highest BCUT2D eigenvalue weighted by Gasteiger charge is 2.53. The fourth-order valence-corrected chi connectivity index (χ4v) is 6.53. The monoisotopic (exact) mass is 347 g/mol. The van der Waals surface area contributed by atoms with Crippen molar-refractivity contribution in [3.8, 4) is 0 Å². The molecule has 4 bridgehead atoms. The molecule has 5 heteroatoms. The number of carbonyl (C=O) groups is 2. The number of piperazine rings is 1. The van der Waals surface area contributed by atoms with E-state index in [2.05, 4.69) is 24.1 Å². The van der Waals surface area contributed by atoms with E-state index >= 15 is 0 Å². The number of hydrogen-bond acceptors (Lipinski definition) is 3. The summed E-state index contributed by atoms with van der Waals surface area (Å²) in [6, 6.07) is 0.120. The maximum atomic E-state index is 12.6. The van der Waals surface area contributed by atoms with Gasteiger partial charge in [-0.25, -0.2) is 0 Å². The van der Waals surface area contributed by atoms with Gasteiger partial charge in [0.1, 0.15) is 0 Å². The fraction of sp³-hybridized carbons (Fsp3) is 0.900. The van der Waals surface area contributed by atoms with Crippen molar-refractivity contribution in [2.24, 2.45) is 23.2 Å². The minimum atomic E-state index is -0.381. The first-order valence-electron chi connectivity index (χ1n) is 10.3. The van der Waals surface area contributed by atoms with E-state index in [4.69, 9.17) is 0 Å². The molecule has 2 amide bonds. The highest BCUT2D eigenvalue weighted by atomic mass is 16.2. The van der Waals surface area contributed by atoms with Crippen molar-refractivity contribution in [2.45, 2.75) is 58.4 Å². The summed E-state index contributed by atoms with van der Waals surface area (Å²) >= 11 is 0. The molecule has 4 aliphatic carbocycles. The average Bonchev–Trinajstić information content (AvgIpc) is 2.60. The molecule has 0 aromatic carbocycles. The van der Waals surface area contributed by atoms with E-state index in [0.29, 0.717) is 13.1 Å². The Morgan fingerprint density at radius 1 is 1.00 bits per heavy atom. The van der Waals surface area contributed by atoms with Crippen molar-refractivity contribution in [2.75, 3.05) is 32.7 Å². The zero-order valence-corrected chi connectivity index (χ0v) is 15.8. The van der Waals surface area contributed by atoms with Gasteiger partial charge in [0.25, 0.3) is 0 Å². The smallest absolute Gasteiger partial charge is 0.311 e. The second-order valence-corrected chi connectivity index (χ2v) is 9.20. The lowest BCUT2D eigenvalue weighted by Gasteiger charge is -2.59. The Kier molecular flexibility index (Phi) is 4.55. The van der Waals surface area contributed by atoms with Crippen molar-refractivity contribution >= 4 is 11.8 Å². The van der Waals surface area contributed by atoms with Crippen LogP contribution in [0.5, 0.6) is 0 Å². The Morgan fingerprint density at radius 2 is 1.52 bits per heavy atom. The molecule has 5 rings (SSSR count). The lowest BCUT2D eigenvalue weighted by molar-refractivity contribution is -0.148. The number of rotatable bonds is 3. The van der Waals surface area contributed by atoms with Crippen LogP contribution in [0.3, 0.4) is 0 Å². The molecule has 1 aliphatic heterocycles. The van der Waals surface area contributed by atoms with Crippen molar-refractivity contribution in [1.29, 1.82) is 0 Å². The van der Waals surface area contributed by atoms with E-state index in [9.17, 15) is 9.59 Å². The van der Waals surface area contributed by atoms with E-state index in [1.165, 1.54) is 38.5 Å². The summed E-state index contributed by atoms with van der Waals surface area (Å²) in [5.74, 6) is 1.88. The minimum Gasteiger partial charge on any atom is -0.345 e. The number of likely N-dealkylation sites (N-methyl/N-ethyl adjacent to an activating group) is 1. The molecule has 5 nitrogen and oxygen atoms in total. The summed E-state index contributed by atoms with van der Waals surface area (Å²) in [6.45, 7) is 8.39. The molecule has 1 saturated heterocycles. The van der Waals surface area contributed by atoms with Crippen LogP contribution in [0.15, 0.2) is 0 Å². The van der Waals surface area contributed by atoms with Gasteiger partial charge in [-0.15, -0.1) is 0 Å².